The van der Waals surface area contributed by atoms with Gasteiger partial charge in [-0.1, -0.05) is 69.3 Å². The van der Waals surface area contributed by atoms with Gasteiger partial charge < -0.3 is 10.2 Å². The van der Waals surface area contributed by atoms with Crippen LogP contribution >= 0.6 is 0 Å². The number of anilines is 2. The molecule has 1 aliphatic rings. The normalized spacial score (nSPS) is 18.6. The molecule has 3 aromatic carbocycles. The number of carbonyl (C=O) groups excluding carboxylic acids is 1. The van der Waals surface area contributed by atoms with Crippen molar-refractivity contribution < 1.29 is 4.79 Å². The molecule has 1 heterocycles. The Morgan fingerprint density at radius 3 is 2.20 bits per heavy atom. The molecule has 1 aliphatic heterocycles. The van der Waals surface area contributed by atoms with Gasteiger partial charge in [0.1, 0.15) is 0 Å². The first-order valence-electron chi connectivity index (χ1n) is 10.7. The smallest absolute Gasteiger partial charge is 0.258 e. The lowest BCUT2D eigenvalue weighted by Gasteiger charge is -2.40. The molecule has 2 atom stereocenters. The maximum absolute atomic E-state index is 13.5. The number of carbonyl (C=O) groups is 1. The molecule has 0 saturated heterocycles. The fourth-order valence-electron chi connectivity index (χ4n) is 4.25. The van der Waals surface area contributed by atoms with Crippen LogP contribution in [0.25, 0.3) is 0 Å². The summed E-state index contributed by atoms with van der Waals surface area (Å²) in [5, 5.41) is 3.65. The molecule has 0 saturated carbocycles. The van der Waals surface area contributed by atoms with E-state index in [2.05, 4.69) is 75.5 Å². The van der Waals surface area contributed by atoms with Crippen molar-refractivity contribution in [3.63, 3.8) is 0 Å². The first-order chi connectivity index (χ1) is 14.3. The van der Waals surface area contributed by atoms with Crippen LogP contribution in [0.4, 0.5) is 11.4 Å². The van der Waals surface area contributed by atoms with Crippen molar-refractivity contribution >= 4 is 17.3 Å². The molecule has 154 valence electrons. The van der Waals surface area contributed by atoms with Gasteiger partial charge in [0.15, 0.2) is 0 Å². The summed E-state index contributed by atoms with van der Waals surface area (Å²) in [6.45, 7) is 8.70. The van der Waals surface area contributed by atoms with Crippen LogP contribution in [0.3, 0.4) is 0 Å². The molecule has 3 heteroatoms. The van der Waals surface area contributed by atoms with E-state index in [0.29, 0.717) is 0 Å². The number of rotatable bonds is 3. The van der Waals surface area contributed by atoms with Gasteiger partial charge >= 0.3 is 0 Å². The SMILES string of the molecule is CC1CC(Nc2ccccc2)c2ccccc2N1C(=O)c1ccc(C(C)(C)C)cc1. The van der Waals surface area contributed by atoms with E-state index in [1.54, 1.807) is 0 Å². The largest absolute Gasteiger partial charge is 0.378 e. The Bertz CT molecular complexity index is 1020. The van der Waals surface area contributed by atoms with Crippen LogP contribution in [0.1, 0.15) is 61.6 Å². The average Bonchev–Trinajstić information content (AvgIpc) is 2.74. The summed E-state index contributed by atoms with van der Waals surface area (Å²) in [6.07, 6.45) is 0.859. The minimum absolute atomic E-state index is 0.0635. The quantitative estimate of drug-likeness (QED) is 0.541. The number of nitrogens with one attached hydrogen (secondary N) is 1. The molecular weight excluding hydrogens is 368 g/mol. The monoisotopic (exact) mass is 398 g/mol. The Labute approximate surface area is 179 Å². The lowest BCUT2D eigenvalue weighted by Crippen LogP contribution is -2.44. The number of amides is 1. The fraction of sp³-hybridized carbons (Fsp3) is 0.296. The van der Waals surface area contributed by atoms with Crippen LogP contribution in [-0.4, -0.2) is 11.9 Å². The van der Waals surface area contributed by atoms with Crippen LogP contribution in [-0.2, 0) is 5.41 Å². The Morgan fingerprint density at radius 1 is 0.900 bits per heavy atom. The maximum Gasteiger partial charge on any atom is 0.258 e. The molecule has 0 bridgehead atoms. The Kier molecular flexibility index (Phi) is 5.38. The van der Waals surface area contributed by atoms with E-state index in [1.165, 1.54) is 11.1 Å². The average molecular weight is 399 g/mol. The van der Waals surface area contributed by atoms with Crippen molar-refractivity contribution in [3.05, 3.63) is 95.6 Å². The van der Waals surface area contributed by atoms with Crippen molar-refractivity contribution in [2.75, 3.05) is 10.2 Å². The number of benzene rings is 3. The molecule has 1 amide bonds. The molecule has 0 aliphatic carbocycles. The van der Waals surface area contributed by atoms with Crippen LogP contribution in [0.2, 0.25) is 0 Å². The number of fused-ring (bicyclic) bond motifs is 1. The molecule has 0 fully saturated rings. The summed E-state index contributed by atoms with van der Waals surface area (Å²) >= 11 is 0. The van der Waals surface area contributed by atoms with Gasteiger partial charge in [-0.25, -0.2) is 0 Å². The fourth-order valence-corrected chi connectivity index (χ4v) is 4.25. The summed E-state index contributed by atoms with van der Waals surface area (Å²) in [6, 6.07) is 26.9. The number of para-hydroxylation sites is 2. The van der Waals surface area contributed by atoms with Gasteiger partial charge in [0.25, 0.3) is 5.91 Å². The van der Waals surface area contributed by atoms with E-state index in [1.807, 2.05) is 41.3 Å². The van der Waals surface area contributed by atoms with Gasteiger partial charge in [-0.3, -0.25) is 4.79 Å². The zero-order chi connectivity index (χ0) is 21.3. The highest BCUT2D eigenvalue weighted by Gasteiger charge is 2.34. The van der Waals surface area contributed by atoms with Gasteiger partial charge in [0.2, 0.25) is 0 Å². The molecular formula is C27H30N2O. The predicted molar refractivity (Wildman–Crippen MR) is 125 cm³/mol. The molecule has 0 radical (unpaired) electrons. The number of hydrogen-bond donors (Lipinski definition) is 1. The summed E-state index contributed by atoms with van der Waals surface area (Å²) < 4.78 is 0. The third kappa shape index (κ3) is 3.97. The third-order valence-electron chi connectivity index (χ3n) is 5.92. The topological polar surface area (TPSA) is 32.3 Å². The van der Waals surface area contributed by atoms with Crippen molar-refractivity contribution in [2.24, 2.45) is 0 Å². The molecule has 3 nitrogen and oxygen atoms in total. The number of hydrogen-bond acceptors (Lipinski definition) is 2. The van der Waals surface area contributed by atoms with Crippen LogP contribution in [0.15, 0.2) is 78.9 Å². The predicted octanol–water partition coefficient (Wildman–Crippen LogP) is 6.58. The molecule has 4 rings (SSSR count). The van der Waals surface area contributed by atoms with Gasteiger partial charge in [-0.05, 0) is 60.2 Å². The first-order valence-corrected chi connectivity index (χ1v) is 10.7. The Hall–Kier alpha value is -3.07. The van der Waals surface area contributed by atoms with Gasteiger partial charge in [-0.2, -0.15) is 0 Å². The van der Waals surface area contributed by atoms with Crippen molar-refractivity contribution in [1.29, 1.82) is 0 Å². The lowest BCUT2D eigenvalue weighted by molar-refractivity contribution is 0.0974. The van der Waals surface area contributed by atoms with Crippen molar-refractivity contribution in [2.45, 2.75) is 51.6 Å². The first kappa shape index (κ1) is 20.2. The van der Waals surface area contributed by atoms with Crippen LogP contribution < -0.4 is 10.2 Å². The zero-order valence-corrected chi connectivity index (χ0v) is 18.2. The van der Waals surface area contributed by atoms with Gasteiger partial charge in [0, 0.05) is 23.0 Å². The molecule has 1 N–H and O–H groups in total. The minimum atomic E-state index is 0.0635. The Morgan fingerprint density at radius 2 is 1.53 bits per heavy atom. The van der Waals surface area contributed by atoms with E-state index < -0.39 is 0 Å². The van der Waals surface area contributed by atoms with E-state index >= 15 is 0 Å². The highest BCUT2D eigenvalue weighted by atomic mass is 16.2. The third-order valence-corrected chi connectivity index (χ3v) is 5.92. The van der Waals surface area contributed by atoms with E-state index in [9.17, 15) is 4.79 Å². The molecule has 2 unspecified atom stereocenters. The highest BCUT2D eigenvalue weighted by molar-refractivity contribution is 6.07. The van der Waals surface area contributed by atoms with E-state index in [0.717, 1.165) is 23.4 Å². The van der Waals surface area contributed by atoms with Gasteiger partial charge in [-0.15, -0.1) is 0 Å². The Balaban J connectivity index is 1.65. The van der Waals surface area contributed by atoms with Crippen LogP contribution in [0, 0.1) is 0 Å². The highest BCUT2D eigenvalue weighted by Crippen LogP contribution is 2.39. The van der Waals surface area contributed by atoms with Crippen LogP contribution in [0.5, 0.6) is 0 Å². The standard InChI is InChI=1S/C27H30N2O/c1-19-18-24(28-22-10-6-5-7-11-22)23-12-8-9-13-25(23)29(19)26(30)20-14-16-21(17-15-20)27(2,3)4/h5-17,19,24,28H,18H2,1-4H3. The van der Waals surface area contributed by atoms with Crippen molar-refractivity contribution in [3.8, 4) is 0 Å². The molecule has 0 spiro atoms. The summed E-state index contributed by atoms with van der Waals surface area (Å²) in [5.41, 5.74) is 5.30. The van der Waals surface area contributed by atoms with E-state index in [4.69, 9.17) is 0 Å². The second kappa shape index (κ2) is 7.98. The molecule has 3 aromatic rings. The second-order valence-corrected chi connectivity index (χ2v) is 9.21. The van der Waals surface area contributed by atoms with Crippen molar-refractivity contribution in [1.82, 2.24) is 0 Å². The molecule has 30 heavy (non-hydrogen) atoms. The summed E-state index contributed by atoms with van der Waals surface area (Å²) in [7, 11) is 0. The van der Waals surface area contributed by atoms with E-state index in [-0.39, 0.29) is 23.4 Å². The maximum atomic E-state index is 13.5. The zero-order valence-electron chi connectivity index (χ0n) is 18.2. The second-order valence-electron chi connectivity index (χ2n) is 9.21. The summed E-state index contributed by atoms with van der Waals surface area (Å²) in [5.74, 6) is 0.0635. The lowest BCUT2D eigenvalue weighted by atomic mass is 9.86. The molecule has 0 aromatic heterocycles. The minimum Gasteiger partial charge on any atom is -0.378 e. The number of nitrogens with zero attached hydrogens (tertiary/aromatic N) is 1. The summed E-state index contributed by atoms with van der Waals surface area (Å²) in [4.78, 5) is 15.5. The van der Waals surface area contributed by atoms with Gasteiger partial charge in [0.05, 0.1) is 6.04 Å².